The maximum atomic E-state index is 12.3. The molecule has 0 aliphatic heterocycles. The molecule has 1 aromatic heterocycles. The molecule has 0 amide bonds. The van der Waals surface area contributed by atoms with Gasteiger partial charge < -0.3 is 4.98 Å². The molecule has 1 fully saturated rings. The first-order valence-corrected chi connectivity index (χ1v) is 5.99. The topological polar surface area (TPSA) is 45.8 Å². The van der Waals surface area contributed by atoms with E-state index in [-0.39, 0.29) is 5.78 Å². The average molecular weight is 226 g/mol. The summed E-state index contributed by atoms with van der Waals surface area (Å²) in [6.45, 7) is 0. The van der Waals surface area contributed by atoms with Crippen LogP contribution in [-0.2, 0) is 0 Å². The van der Waals surface area contributed by atoms with E-state index in [1.165, 1.54) is 24.8 Å². The van der Waals surface area contributed by atoms with Crippen molar-refractivity contribution in [2.45, 2.75) is 25.2 Å². The highest BCUT2D eigenvalue weighted by Gasteiger charge is 2.25. The Bertz CT molecular complexity index is 527. The SMILES string of the molecule is O=C(c1ncc[nH]1)c1ccccc1C1CCC1. The number of benzene rings is 1. The lowest BCUT2D eigenvalue weighted by Gasteiger charge is -2.27. The van der Waals surface area contributed by atoms with Crippen LogP contribution in [0.3, 0.4) is 0 Å². The molecule has 0 radical (unpaired) electrons. The second kappa shape index (κ2) is 4.17. The molecule has 0 bridgehead atoms. The van der Waals surface area contributed by atoms with Crippen LogP contribution < -0.4 is 0 Å². The maximum absolute atomic E-state index is 12.3. The van der Waals surface area contributed by atoms with Gasteiger partial charge in [-0.3, -0.25) is 4.79 Å². The highest BCUT2D eigenvalue weighted by Crippen LogP contribution is 2.38. The molecule has 3 heteroatoms. The first kappa shape index (κ1) is 10.3. The molecule has 86 valence electrons. The van der Waals surface area contributed by atoms with Gasteiger partial charge in [0.15, 0.2) is 5.82 Å². The molecule has 0 unspecified atom stereocenters. The Kier molecular flexibility index (Phi) is 2.52. The van der Waals surface area contributed by atoms with Crippen molar-refractivity contribution in [1.29, 1.82) is 0 Å². The Hall–Kier alpha value is -1.90. The number of ketones is 1. The van der Waals surface area contributed by atoms with Crippen molar-refractivity contribution in [2.24, 2.45) is 0 Å². The number of nitrogens with one attached hydrogen (secondary N) is 1. The molecule has 1 aromatic carbocycles. The van der Waals surface area contributed by atoms with Crippen LogP contribution in [0, 0.1) is 0 Å². The van der Waals surface area contributed by atoms with E-state index in [0.717, 1.165) is 5.56 Å². The zero-order chi connectivity index (χ0) is 11.7. The minimum absolute atomic E-state index is 0.00231. The summed E-state index contributed by atoms with van der Waals surface area (Å²) in [5.74, 6) is 0.986. The van der Waals surface area contributed by atoms with E-state index in [4.69, 9.17) is 0 Å². The third kappa shape index (κ3) is 1.78. The molecule has 1 saturated carbocycles. The minimum atomic E-state index is -0.00231. The minimum Gasteiger partial charge on any atom is -0.342 e. The number of carbonyl (C=O) groups is 1. The van der Waals surface area contributed by atoms with Crippen LogP contribution in [0.5, 0.6) is 0 Å². The second-order valence-corrected chi connectivity index (χ2v) is 4.48. The summed E-state index contributed by atoms with van der Waals surface area (Å²) >= 11 is 0. The summed E-state index contributed by atoms with van der Waals surface area (Å²) in [5.41, 5.74) is 1.98. The molecule has 1 N–H and O–H groups in total. The smallest absolute Gasteiger partial charge is 0.228 e. The van der Waals surface area contributed by atoms with Crippen molar-refractivity contribution in [3.8, 4) is 0 Å². The van der Waals surface area contributed by atoms with E-state index in [2.05, 4.69) is 16.0 Å². The van der Waals surface area contributed by atoms with Crippen LogP contribution in [0.4, 0.5) is 0 Å². The van der Waals surface area contributed by atoms with Gasteiger partial charge in [-0.2, -0.15) is 0 Å². The van der Waals surface area contributed by atoms with Crippen LogP contribution in [-0.4, -0.2) is 15.8 Å². The predicted octanol–water partition coefficient (Wildman–Crippen LogP) is 2.91. The molecule has 3 rings (SSSR count). The molecule has 1 aliphatic rings. The second-order valence-electron chi connectivity index (χ2n) is 4.48. The summed E-state index contributed by atoms with van der Waals surface area (Å²) in [5, 5.41) is 0. The molecule has 0 atom stereocenters. The quantitative estimate of drug-likeness (QED) is 0.818. The van der Waals surface area contributed by atoms with Gasteiger partial charge in [-0.1, -0.05) is 30.7 Å². The third-order valence-corrected chi connectivity index (χ3v) is 3.46. The number of carbonyl (C=O) groups excluding carboxylic acids is 1. The monoisotopic (exact) mass is 226 g/mol. The number of hydrogen-bond donors (Lipinski definition) is 1. The van der Waals surface area contributed by atoms with E-state index in [9.17, 15) is 4.79 Å². The molecule has 0 spiro atoms. The van der Waals surface area contributed by atoms with Crippen molar-refractivity contribution in [3.63, 3.8) is 0 Å². The summed E-state index contributed by atoms with van der Waals surface area (Å²) in [4.78, 5) is 19.2. The molecular weight excluding hydrogens is 212 g/mol. The van der Waals surface area contributed by atoms with E-state index in [1.54, 1.807) is 12.4 Å². The van der Waals surface area contributed by atoms with Crippen LogP contribution in [0.2, 0.25) is 0 Å². The number of rotatable bonds is 3. The third-order valence-electron chi connectivity index (χ3n) is 3.46. The molecule has 0 saturated heterocycles. The van der Waals surface area contributed by atoms with Crippen LogP contribution >= 0.6 is 0 Å². The van der Waals surface area contributed by atoms with Gasteiger partial charge in [-0.15, -0.1) is 0 Å². The van der Waals surface area contributed by atoms with E-state index < -0.39 is 0 Å². The van der Waals surface area contributed by atoms with Crippen molar-refractivity contribution in [1.82, 2.24) is 9.97 Å². The van der Waals surface area contributed by atoms with Gasteiger partial charge in [-0.25, -0.2) is 4.98 Å². The fraction of sp³-hybridized carbons (Fsp3) is 0.286. The number of aromatic amines is 1. The van der Waals surface area contributed by atoms with Crippen molar-refractivity contribution < 1.29 is 4.79 Å². The molecule has 17 heavy (non-hydrogen) atoms. The number of nitrogens with zero attached hydrogens (tertiary/aromatic N) is 1. The molecule has 3 nitrogen and oxygen atoms in total. The predicted molar refractivity (Wildman–Crippen MR) is 65.1 cm³/mol. The normalized spacial score (nSPS) is 15.5. The fourth-order valence-corrected chi connectivity index (χ4v) is 2.30. The molecule has 1 heterocycles. The summed E-state index contributed by atoms with van der Waals surface area (Å²) in [6, 6.07) is 7.89. The van der Waals surface area contributed by atoms with Crippen LogP contribution in [0.15, 0.2) is 36.7 Å². The van der Waals surface area contributed by atoms with E-state index in [1.807, 2.05) is 18.2 Å². The summed E-state index contributed by atoms with van der Waals surface area (Å²) in [7, 11) is 0. The van der Waals surface area contributed by atoms with E-state index >= 15 is 0 Å². The van der Waals surface area contributed by atoms with Crippen molar-refractivity contribution >= 4 is 5.78 Å². The highest BCUT2D eigenvalue weighted by molar-refractivity contribution is 6.07. The van der Waals surface area contributed by atoms with Gasteiger partial charge in [0, 0.05) is 18.0 Å². The highest BCUT2D eigenvalue weighted by atomic mass is 16.1. The maximum Gasteiger partial charge on any atom is 0.228 e. The molecule has 2 aromatic rings. The average Bonchev–Trinajstić information content (AvgIpc) is 2.80. The van der Waals surface area contributed by atoms with Gasteiger partial charge in [0.25, 0.3) is 0 Å². The fourth-order valence-electron chi connectivity index (χ4n) is 2.30. The number of H-pyrrole nitrogens is 1. The number of aromatic nitrogens is 2. The summed E-state index contributed by atoms with van der Waals surface area (Å²) in [6.07, 6.45) is 6.96. The van der Waals surface area contributed by atoms with Crippen LogP contribution in [0.25, 0.3) is 0 Å². The Morgan fingerprint density at radius 2 is 2.12 bits per heavy atom. The van der Waals surface area contributed by atoms with Gasteiger partial charge in [0.1, 0.15) is 0 Å². The van der Waals surface area contributed by atoms with Crippen LogP contribution in [0.1, 0.15) is 46.9 Å². The van der Waals surface area contributed by atoms with Crippen molar-refractivity contribution in [3.05, 3.63) is 53.6 Å². The standard InChI is InChI=1S/C14H14N2O/c17-13(14-15-8-9-16-14)12-7-2-1-6-11(12)10-4-3-5-10/h1-2,6-10H,3-5H2,(H,15,16). The largest absolute Gasteiger partial charge is 0.342 e. The summed E-state index contributed by atoms with van der Waals surface area (Å²) < 4.78 is 0. The first-order chi connectivity index (χ1) is 8.36. The lowest BCUT2D eigenvalue weighted by molar-refractivity contribution is 0.102. The van der Waals surface area contributed by atoms with Gasteiger partial charge in [0.2, 0.25) is 5.78 Å². The number of imidazole rings is 1. The Morgan fingerprint density at radius 3 is 2.76 bits per heavy atom. The van der Waals surface area contributed by atoms with Gasteiger partial charge >= 0.3 is 0 Å². The zero-order valence-corrected chi connectivity index (χ0v) is 9.52. The van der Waals surface area contributed by atoms with Gasteiger partial charge in [-0.05, 0) is 24.3 Å². The zero-order valence-electron chi connectivity index (χ0n) is 9.52. The number of hydrogen-bond acceptors (Lipinski definition) is 2. The van der Waals surface area contributed by atoms with E-state index in [0.29, 0.717) is 11.7 Å². The Morgan fingerprint density at radius 1 is 1.29 bits per heavy atom. The van der Waals surface area contributed by atoms with Gasteiger partial charge in [0.05, 0.1) is 0 Å². The Balaban J connectivity index is 1.99. The van der Waals surface area contributed by atoms with Crippen molar-refractivity contribution in [2.75, 3.05) is 0 Å². The first-order valence-electron chi connectivity index (χ1n) is 5.99. The lowest BCUT2D eigenvalue weighted by atomic mass is 9.77. The molecular formula is C14H14N2O. The lowest BCUT2D eigenvalue weighted by Crippen LogP contribution is -2.15. The Labute approximate surface area is 99.9 Å². The molecule has 1 aliphatic carbocycles.